The number of anilines is 1. The number of nitrogens with two attached hydrogens (primary N) is 1. The molecule has 0 amide bonds. The summed E-state index contributed by atoms with van der Waals surface area (Å²) in [5.41, 5.74) is 9.50. The van der Waals surface area contributed by atoms with Gasteiger partial charge in [0.2, 0.25) is 5.82 Å². The van der Waals surface area contributed by atoms with Crippen LogP contribution >= 0.6 is 0 Å². The lowest BCUT2D eigenvalue weighted by atomic mass is 9.87. The summed E-state index contributed by atoms with van der Waals surface area (Å²) in [4.78, 5) is 16.0. The average molecular weight is 351 g/mol. The number of ether oxygens (including phenoxy) is 1. The van der Waals surface area contributed by atoms with Gasteiger partial charge in [-0.1, -0.05) is 50.2 Å². The van der Waals surface area contributed by atoms with Gasteiger partial charge in [0.1, 0.15) is 0 Å². The van der Waals surface area contributed by atoms with Crippen molar-refractivity contribution in [3.63, 3.8) is 0 Å². The molecule has 0 aliphatic rings. The van der Waals surface area contributed by atoms with Crippen LogP contribution in [-0.2, 0) is 10.2 Å². The summed E-state index contributed by atoms with van der Waals surface area (Å²) in [5, 5.41) is 4.04. The number of carbonyl (C=O) groups is 1. The molecule has 0 spiro atoms. The minimum Gasteiger partial charge on any atom is -0.465 e. The van der Waals surface area contributed by atoms with Crippen molar-refractivity contribution in [3.8, 4) is 22.8 Å². The SMILES string of the molecule is COC(=O)c1ccc(-c2nc(-c3ccc(C(C)(C)C)cc3)no2)c(N)c1. The zero-order chi connectivity index (χ0) is 18.9. The van der Waals surface area contributed by atoms with Crippen LogP contribution in [0, 0.1) is 0 Å². The summed E-state index contributed by atoms with van der Waals surface area (Å²) in [7, 11) is 1.32. The lowest BCUT2D eigenvalue weighted by molar-refractivity contribution is 0.0601. The van der Waals surface area contributed by atoms with Crippen LogP contribution in [0.5, 0.6) is 0 Å². The second kappa shape index (κ2) is 6.63. The highest BCUT2D eigenvalue weighted by atomic mass is 16.5. The molecule has 0 aliphatic heterocycles. The van der Waals surface area contributed by atoms with Crippen molar-refractivity contribution >= 4 is 11.7 Å². The van der Waals surface area contributed by atoms with Crippen molar-refractivity contribution in [1.82, 2.24) is 10.1 Å². The van der Waals surface area contributed by atoms with E-state index in [4.69, 9.17) is 10.3 Å². The first-order valence-corrected chi connectivity index (χ1v) is 8.22. The molecule has 0 saturated heterocycles. The maximum atomic E-state index is 11.6. The van der Waals surface area contributed by atoms with Crippen LogP contribution in [0.1, 0.15) is 36.7 Å². The second-order valence-electron chi connectivity index (χ2n) is 7.04. The number of hydrogen-bond donors (Lipinski definition) is 1. The van der Waals surface area contributed by atoms with Gasteiger partial charge >= 0.3 is 5.97 Å². The number of carbonyl (C=O) groups excluding carboxylic acids is 1. The van der Waals surface area contributed by atoms with E-state index in [9.17, 15) is 4.79 Å². The molecule has 134 valence electrons. The van der Waals surface area contributed by atoms with Crippen molar-refractivity contribution in [2.75, 3.05) is 12.8 Å². The third kappa shape index (κ3) is 3.44. The number of methoxy groups -OCH3 is 1. The molecule has 26 heavy (non-hydrogen) atoms. The minimum atomic E-state index is -0.451. The molecule has 0 aliphatic carbocycles. The van der Waals surface area contributed by atoms with E-state index in [1.807, 2.05) is 12.1 Å². The summed E-state index contributed by atoms with van der Waals surface area (Å²) >= 11 is 0. The smallest absolute Gasteiger partial charge is 0.337 e. The fraction of sp³-hybridized carbons (Fsp3) is 0.250. The Labute approximate surface area is 152 Å². The fourth-order valence-corrected chi connectivity index (χ4v) is 2.57. The van der Waals surface area contributed by atoms with E-state index >= 15 is 0 Å². The van der Waals surface area contributed by atoms with Gasteiger partial charge in [0.25, 0.3) is 5.89 Å². The summed E-state index contributed by atoms with van der Waals surface area (Å²) in [6.45, 7) is 6.49. The number of nitrogen functional groups attached to an aromatic ring is 1. The molecule has 3 aromatic rings. The van der Waals surface area contributed by atoms with Crippen LogP contribution in [0.2, 0.25) is 0 Å². The third-order valence-electron chi connectivity index (χ3n) is 4.14. The van der Waals surface area contributed by atoms with Crippen LogP contribution in [0.4, 0.5) is 5.69 Å². The molecular formula is C20H21N3O3. The van der Waals surface area contributed by atoms with Crippen LogP contribution in [0.25, 0.3) is 22.8 Å². The lowest BCUT2D eigenvalue weighted by Crippen LogP contribution is -2.10. The largest absolute Gasteiger partial charge is 0.465 e. The van der Waals surface area contributed by atoms with Gasteiger partial charge in [-0.05, 0) is 29.2 Å². The Bertz CT molecular complexity index is 938. The fourth-order valence-electron chi connectivity index (χ4n) is 2.57. The molecule has 0 radical (unpaired) electrons. The van der Waals surface area contributed by atoms with Crippen molar-refractivity contribution in [2.45, 2.75) is 26.2 Å². The second-order valence-corrected chi connectivity index (χ2v) is 7.04. The van der Waals surface area contributed by atoms with E-state index in [0.717, 1.165) is 5.56 Å². The first-order chi connectivity index (χ1) is 12.3. The minimum absolute atomic E-state index is 0.0801. The summed E-state index contributed by atoms with van der Waals surface area (Å²) < 4.78 is 10.0. The first-order valence-electron chi connectivity index (χ1n) is 8.22. The molecule has 2 N–H and O–H groups in total. The molecule has 1 heterocycles. The molecular weight excluding hydrogens is 330 g/mol. The van der Waals surface area contributed by atoms with Crippen LogP contribution < -0.4 is 5.73 Å². The van der Waals surface area contributed by atoms with Gasteiger partial charge in [-0.2, -0.15) is 4.98 Å². The highest BCUT2D eigenvalue weighted by Crippen LogP contribution is 2.29. The molecule has 3 rings (SSSR count). The van der Waals surface area contributed by atoms with Gasteiger partial charge < -0.3 is 15.0 Å². The Morgan fingerprint density at radius 2 is 1.81 bits per heavy atom. The molecule has 0 bridgehead atoms. The Hall–Kier alpha value is -3.15. The van der Waals surface area contributed by atoms with E-state index in [-0.39, 0.29) is 5.41 Å². The number of rotatable bonds is 3. The number of esters is 1. The Morgan fingerprint density at radius 1 is 1.12 bits per heavy atom. The molecule has 0 fully saturated rings. The quantitative estimate of drug-likeness (QED) is 0.565. The maximum Gasteiger partial charge on any atom is 0.337 e. The van der Waals surface area contributed by atoms with Crippen LogP contribution in [0.15, 0.2) is 47.0 Å². The normalized spacial score (nSPS) is 11.4. The predicted molar refractivity (Wildman–Crippen MR) is 99.6 cm³/mol. The van der Waals surface area contributed by atoms with Gasteiger partial charge in [0.15, 0.2) is 0 Å². The number of aromatic nitrogens is 2. The average Bonchev–Trinajstić information content (AvgIpc) is 3.10. The Morgan fingerprint density at radius 3 is 2.38 bits per heavy atom. The zero-order valence-corrected chi connectivity index (χ0v) is 15.2. The van der Waals surface area contributed by atoms with Crippen LogP contribution in [-0.4, -0.2) is 23.2 Å². The van der Waals surface area contributed by atoms with Crippen molar-refractivity contribution in [3.05, 3.63) is 53.6 Å². The zero-order valence-electron chi connectivity index (χ0n) is 15.2. The highest BCUT2D eigenvalue weighted by molar-refractivity contribution is 5.92. The number of nitrogens with zero attached hydrogens (tertiary/aromatic N) is 2. The third-order valence-corrected chi connectivity index (χ3v) is 4.14. The Balaban J connectivity index is 1.89. The van der Waals surface area contributed by atoms with Gasteiger partial charge in [-0.3, -0.25) is 0 Å². The van der Waals surface area contributed by atoms with Gasteiger partial charge in [-0.15, -0.1) is 0 Å². The number of hydrogen-bond acceptors (Lipinski definition) is 6. The van der Waals surface area contributed by atoms with Gasteiger partial charge in [0.05, 0.1) is 18.2 Å². The molecule has 1 aromatic heterocycles. The standard InChI is InChI=1S/C20H21N3O3/c1-20(2,3)14-8-5-12(6-9-14)17-22-18(26-23-17)15-10-7-13(11-16(15)21)19(24)25-4/h5-11H,21H2,1-4H3. The van der Waals surface area contributed by atoms with Crippen LogP contribution in [0.3, 0.4) is 0 Å². The molecule has 0 unspecified atom stereocenters. The van der Waals surface area contributed by atoms with Gasteiger partial charge in [-0.25, -0.2) is 4.79 Å². The first kappa shape index (κ1) is 17.7. The maximum absolute atomic E-state index is 11.6. The molecule has 6 nitrogen and oxygen atoms in total. The van der Waals surface area contributed by atoms with Crippen molar-refractivity contribution < 1.29 is 14.1 Å². The molecule has 0 atom stereocenters. The Kier molecular flexibility index (Phi) is 4.50. The highest BCUT2D eigenvalue weighted by Gasteiger charge is 2.17. The predicted octanol–water partition coefficient (Wildman–Crippen LogP) is 4.07. The lowest BCUT2D eigenvalue weighted by Gasteiger charge is -2.18. The number of benzene rings is 2. The van der Waals surface area contributed by atoms with Crippen molar-refractivity contribution in [1.29, 1.82) is 0 Å². The van der Waals surface area contributed by atoms with E-state index < -0.39 is 5.97 Å². The monoisotopic (exact) mass is 351 g/mol. The molecule has 0 saturated carbocycles. The van der Waals surface area contributed by atoms with E-state index in [0.29, 0.717) is 28.5 Å². The van der Waals surface area contributed by atoms with E-state index in [1.165, 1.54) is 18.7 Å². The summed E-state index contributed by atoms with van der Waals surface area (Å²) in [6.07, 6.45) is 0. The molecule has 6 heteroatoms. The van der Waals surface area contributed by atoms with E-state index in [2.05, 4.69) is 47.8 Å². The molecule has 2 aromatic carbocycles. The topological polar surface area (TPSA) is 91.2 Å². The van der Waals surface area contributed by atoms with Crippen molar-refractivity contribution in [2.24, 2.45) is 0 Å². The van der Waals surface area contributed by atoms with Gasteiger partial charge in [0, 0.05) is 11.3 Å². The van der Waals surface area contributed by atoms with E-state index in [1.54, 1.807) is 12.1 Å². The summed E-state index contributed by atoms with van der Waals surface area (Å²) in [6, 6.07) is 12.9. The summed E-state index contributed by atoms with van der Waals surface area (Å²) in [5.74, 6) is 0.333.